The minimum Gasteiger partial charge on any atom is -0.451 e. The summed E-state index contributed by atoms with van der Waals surface area (Å²) >= 11 is 0. The van der Waals surface area contributed by atoms with Crippen LogP contribution in [0.2, 0.25) is 0 Å². The molecule has 8 rings (SSSR count). The average Bonchev–Trinajstić information content (AvgIpc) is 3.87. The predicted molar refractivity (Wildman–Crippen MR) is 183 cm³/mol. The third kappa shape index (κ3) is 5.47. The summed E-state index contributed by atoms with van der Waals surface area (Å²) in [6, 6.07) is 16.4. The maximum Gasteiger partial charge on any atom is 0.256 e. The number of H-pyrrole nitrogens is 1. The number of amides is 2. The molecule has 2 aromatic heterocycles. The van der Waals surface area contributed by atoms with Crippen LogP contribution in [0.15, 0.2) is 71.8 Å². The number of ether oxygens (including phenoxy) is 1. The summed E-state index contributed by atoms with van der Waals surface area (Å²) < 4.78 is 24.3. The Kier molecular flexibility index (Phi) is 7.84. The van der Waals surface area contributed by atoms with Crippen LogP contribution in [0.3, 0.4) is 0 Å². The number of halogens is 1. The van der Waals surface area contributed by atoms with Crippen LogP contribution in [-0.2, 0) is 11.2 Å². The van der Waals surface area contributed by atoms with E-state index in [9.17, 15) is 14.4 Å². The summed E-state index contributed by atoms with van der Waals surface area (Å²) in [7, 11) is 0. The second-order valence-electron chi connectivity index (χ2n) is 12.9. The van der Waals surface area contributed by atoms with E-state index in [1.165, 1.54) is 6.07 Å². The second-order valence-corrected chi connectivity index (χ2v) is 12.9. The zero-order chi connectivity index (χ0) is 32.8. The molecule has 1 atom stereocenters. The van der Waals surface area contributed by atoms with Gasteiger partial charge in [0.05, 0.1) is 11.1 Å². The van der Waals surface area contributed by atoms with Gasteiger partial charge in [-0.1, -0.05) is 30.3 Å². The zero-order valence-electron chi connectivity index (χ0n) is 26.6. The van der Waals surface area contributed by atoms with Crippen molar-refractivity contribution in [2.24, 2.45) is 0 Å². The SMILES string of the molecule is O=C(CCc1c[nH]c2ccccc12)NC1CCN(c2c(F)cc3c(=O)c(C(=O)NCCN4CCCC4)cn4c3c2Oc2ccccc2-4)C1. The van der Waals surface area contributed by atoms with E-state index >= 15 is 4.39 Å². The molecule has 5 heterocycles. The van der Waals surface area contributed by atoms with Crippen LogP contribution in [-0.4, -0.2) is 71.6 Å². The Hall–Kier alpha value is -5.16. The Morgan fingerprint density at radius 2 is 1.83 bits per heavy atom. The summed E-state index contributed by atoms with van der Waals surface area (Å²) in [6.45, 7) is 4.04. The number of likely N-dealkylation sites (tertiary alicyclic amines) is 1. The first-order valence-electron chi connectivity index (χ1n) is 16.7. The fraction of sp³-hybridized carbons (Fsp3) is 0.324. The molecule has 48 heavy (non-hydrogen) atoms. The van der Waals surface area contributed by atoms with Crippen molar-refractivity contribution in [2.75, 3.05) is 44.2 Å². The first-order chi connectivity index (χ1) is 23.4. The highest BCUT2D eigenvalue weighted by molar-refractivity contribution is 6.01. The molecule has 3 aliphatic rings. The maximum atomic E-state index is 16.2. The molecule has 3 aromatic carbocycles. The molecule has 0 spiro atoms. The Morgan fingerprint density at radius 3 is 2.71 bits per heavy atom. The van der Waals surface area contributed by atoms with E-state index in [-0.39, 0.29) is 34.3 Å². The van der Waals surface area contributed by atoms with Gasteiger partial charge in [0.1, 0.15) is 16.8 Å². The molecule has 5 aromatic rings. The van der Waals surface area contributed by atoms with Crippen LogP contribution < -0.4 is 25.7 Å². The summed E-state index contributed by atoms with van der Waals surface area (Å²) in [6.07, 6.45) is 7.39. The lowest BCUT2D eigenvalue weighted by Gasteiger charge is -2.29. The Morgan fingerprint density at radius 1 is 1.02 bits per heavy atom. The van der Waals surface area contributed by atoms with E-state index < -0.39 is 17.2 Å². The number of aryl methyl sites for hydroxylation is 1. The molecule has 0 saturated carbocycles. The van der Waals surface area contributed by atoms with Crippen LogP contribution in [0.1, 0.15) is 41.6 Å². The van der Waals surface area contributed by atoms with Gasteiger partial charge in [-0.15, -0.1) is 0 Å². The largest absolute Gasteiger partial charge is 0.451 e. The van der Waals surface area contributed by atoms with Crippen LogP contribution in [0.5, 0.6) is 11.5 Å². The number of carbonyl (C=O) groups excluding carboxylic acids is 2. The van der Waals surface area contributed by atoms with Crippen molar-refractivity contribution in [1.82, 2.24) is 25.1 Å². The minimum atomic E-state index is -0.613. The van der Waals surface area contributed by atoms with Crippen molar-refractivity contribution in [3.63, 3.8) is 0 Å². The van der Waals surface area contributed by atoms with E-state index in [1.54, 1.807) is 16.8 Å². The number of carbonyl (C=O) groups is 2. The molecule has 246 valence electrons. The standard InChI is InChI=1S/C37H37FN6O4/c38-28-19-26-33-36(34(28)43-17-13-24(21-43)41-32(45)12-11-23-20-40-29-8-2-1-7-25(23)29)48-31-10-4-3-9-30(31)44(33)22-27(35(26)46)37(47)39-14-18-42-15-5-6-16-42/h1-4,7-10,19-20,22,24,40H,5-6,11-18,21H2,(H,39,47)(H,41,45). The number of pyridine rings is 1. The van der Waals surface area contributed by atoms with E-state index in [4.69, 9.17) is 4.74 Å². The molecule has 0 bridgehead atoms. The number of aromatic nitrogens is 2. The van der Waals surface area contributed by atoms with Crippen molar-refractivity contribution in [3.8, 4) is 17.2 Å². The molecule has 2 fully saturated rings. The number of benzene rings is 3. The van der Waals surface area contributed by atoms with Crippen LogP contribution in [0, 0.1) is 5.82 Å². The Balaban J connectivity index is 1.04. The minimum absolute atomic E-state index is 0.0460. The number of rotatable bonds is 9. The zero-order valence-corrected chi connectivity index (χ0v) is 26.6. The van der Waals surface area contributed by atoms with Crippen LogP contribution in [0.4, 0.5) is 10.1 Å². The molecule has 1 unspecified atom stereocenters. The van der Waals surface area contributed by atoms with Crippen molar-refractivity contribution in [1.29, 1.82) is 0 Å². The number of fused-ring (bicyclic) bond motifs is 3. The monoisotopic (exact) mass is 648 g/mol. The fourth-order valence-corrected chi connectivity index (χ4v) is 7.41. The third-order valence-electron chi connectivity index (χ3n) is 9.83. The number of nitrogens with one attached hydrogen (secondary N) is 3. The highest BCUT2D eigenvalue weighted by Gasteiger charge is 2.34. The van der Waals surface area contributed by atoms with Gasteiger partial charge in [0.25, 0.3) is 5.91 Å². The third-order valence-corrected chi connectivity index (χ3v) is 9.83. The first-order valence-corrected chi connectivity index (χ1v) is 16.7. The lowest BCUT2D eigenvalue weighted by Crippen LogP contribution is -2.37. The van der Waals surface area contributed by atoms with Crippen molar-refractivity contribution < 1.29 is 18.7 Å². The molecule has 0 aliphatic carbocycles. The molecule has 0 radical (unpaired) electrons. The van der Waals surface area contributed by atoms with Gasteiger partial charge >= 0.3 is 0 Å². The first kappa shape index (κ1) is 30.2. The summed E-state index contributed by atoms with van der Waals surface area (Å²) in [5.41, 5.74) is 2.85. The molecule has 3 N–H and O–H groups in total. The van der Waals surface area contributed by atoms with E-state index in [1.807, 2.05) is 53.6 Å². The van der Waals surface area contributed by atoms with Gasteiger partial charge < -0.3 is 34.7 Å². The molecule has 10 nitrogen and oxygen atoms in total. The number of aromatic amines is 1. The van der Waals surface area contributed by atoms with Crippen LogP contribution in [0.25, 0.3) is 27.5 Å². The van der Waals surface area contributed by atoms with Crippen molar-refractivity contribution in [2.45, 2.75) is 38.1 Å². The topological polar surface area (TPSA) is 112 Å². The highest BCUT2D eigenvalue weighted by atomic mass is 19.1. The normalized spacial score (nSPS) is 17.1. The molecule has 2 amide bonds. The molecular formula is C37H37FN6O4. The molecule has 2 saturated heterocycles. The summed E-state index contributed by atoms with van der Waals surface area (Å²) in [4.78, 5) is 47.4. The summed E-state index contributed by atoms with van der Waals surface area (Å²) in [5, 5.41) is 7.22. The number of para-hydroxylation sites is 3. The van der Waals surface area contributed by atoms with Gasteiger partial charge in [0, 0.05) is 61.9 Å². The van der Waals surface area contributed by atoms with Gasteiger partial charge in [-0.3, -0.25) is 14.4 Å². The lowest BCUT2D eigenvalue weighted by molar-refractivity contribution is -0.121. The number of hydrogen-bond acceptors (Lipinski definition) is 6. The molecule has 11 heteroatoms. The smallest absolute Gasteiger partial charge is 0.256 e. The number of hydrogen-bond donors (Lipinski definition) is 3. The van der Waals surface area contributed by atoms with Crippen molar-refractivity contribution in [3.05, 3.63) is 94.2 Å². The Labute approximate surface area is 276 Å². The van der Waals surface area contributed by atoms with Gasteiger partial charge in [0.15, 0.2) is 17.3 Å². The van der Waals surface area contributed by atoms with E-state index in [2.05, 4.69) is 20.5 Å². The van der Waals surface area contributed by atoms with Gasteiger partial charge in [-0.05, 0) is 68.6 Å². The number of nitrogens with zero attached hydrogens (tertiary/aromatic N) is 3. The highest BCUT2D eigenvalue weighted by Crippen LogP contribution is 2.47. The molecule has 3 aliphatic heterocycles. The Bertz CT molecular complexity index is 2120. The van der Waals surface area contributed by atoms with Gasteiger partial charge in [0.2, 0.25) is 11.3 Å². The van der Waals surface area contributed by atoms with Gasteiger partial charge in [-0.2, -0.15) is 0 Å². The number of anilines is 1. The van der Waals surface area contributed by atoms with Crippen molar-refractivity contribution >= 4 is 39.3 Å². The van der Waals surface area contributed by atoms with Gasteiger partial charge in [-0.25, -0.2) is 4.39 Å². The predicted octanol–water partition coefficient (Wildman–Crippen LogP) is 4.87. The quantitative estimate of drug-likeness (QED) is 0.206. The maximum absolute atomic E-state index is 16.2. The lowest BCUT2D eigenvalue weighted by atomic mass is 10.1. The van der Waals surface area contributed by atoms with Crippen LogP contribution >= 0.6 is 0 Å². The summed E-state index contributed by atoms with van der Waals surface area (Å²) in [5.74, 6) is -0.435. The molecular weight excluding hydrogens is 611 g/mol. The fourth-order valence-electron chi connectivity index (χ4n) is 7.41. The second kappa shape index (κ2) is 12.5. The average molecular weight is 649 g/mol. The van der Waals surface area contributed by atoms with E-state index in [0.29, 0.717) is 62.4 Å². The van der Waals surface area contributed by atoms with E-state index in [0.717, 1.165) is 42.4 Å².